The molecule has 0 saturated carbocycles. The summed E-state index contributed by atoms with van der Waals surface area (Å²) in [5.74, 6) is 0.247. The Kier molecular flexibility index (Phi) is 4.71. The fourth-order valence-corrected chi connectivity index (χ4v) is 2.86. The zero-order chi connectivity index (χ0) is 14.8. The molecule has 0 radical (unpaired) electrons. The number of likely N-dealkylation sites (tertiary alicyclic amines) is 1. The van der Waals surface area contributed by atoms with Crippen molar-refractivity contribution in [2.24, 2.45) is 5.92 Å². The minimum Gasteiger partial charge on any atom is -0.347 e. The maximum atomic E-state index is 12.4. The Morgan fingerprint density at radius 1 is 1.35 bits per heavy atom. The number of rotatable bonds is 3. The average Bonchev–Trinajstić information content (AvgIpc) is 2.38. The lowest BCUT2D eigenvalue weighted by molar-refractivity contribution is -0.128. The van der Waals surface area contributed by atoms with Crippen LogP contribution in [0.1, 0.15) is 32.3 Å². The number of benzene rings is 1. The van der Waals surface area contributed by atoms with Crippen LogP contribution in [-0.4, -0.2) is 30.9 Å². The lowest BCUT2D eigenvalue weighted by Gasteiger charge is -2.33. The first-order chi connectivity index (χ1) is 9.38. The Balaban J connectivity index is 2.03. The third-order valence-corrected chi connectivity index (χ3v) is 4.25. The number of nitrogens with one attached hydrogen (secondary N) is 1. The van der Waals surface area contributed by atoms with Gasteiger partial charge in [-0.2, -0.15) is 0 Å². The van der Waals surface area contributed by atoms with E-state index in [0.29, 0.717) is 5.02 Å². The molecule has 0 spiro atoms. The van der Waals surface area contributed by atoms with E-state index in [0.717, 1.165) is 31.5 Å². The summed E-state index contributed by atoms with van der Waals surface area (Å²) in [5, 5.41) is 3.89. The first-order valence-electron chi connectivity index (χ1n) is 7.15. The van der Waals surface area contributed by atoms with Crippen molar-refractivity contribution in [3.8, 4) is 0 Å². The van der Waals surface area contributed by atoms with Crippen LogP contribution in [-0.2, 0) is 10.3 Å². The van der Waals surface area contributed by atoms with Gasteiger partial charge in [-0.3, -0.25) is 4.79 Å². The summed E-state index contributed by atoms with van der Waals surface area (Å²) in [7, 11) is 2.07. The number of hydrogen-bond acceptors (Lipinski definition) is 2. The molecule has 4 heteroatoms. The monoisotopic (exact) mass is 294 g/mol. The van der Waals surface area contributed by atoms with E-state index in [1.54, 1.807) is 0 Å². The molecule has 1 aliphatic rings. The van der Waals surface area contributed by atoms with Gasteiger partial charge in [-0.15, -0.1) is 0 Å². The predicted octanol–water partition coefficient (Wildman–Crippen LogP) is 3.03. The van der Waals surface area contributed by atoms with E-state index in [1.807, 2.05) is 38.1 Å². The number of carbonyl (C=O) groups is 1. The quantitative estimate of drug-likeness (QED) is 0.929. The van der Waals surface area contributed by atoms with E-state index in [-0.39, 0.29) is 17.4 Å². The van der Waals surface area contributed by atoms with Crippen molar-refractivity contribution in [1.82, 2.24) is 10.2 Å². The molecule has 1 aromatic rings. The fraction of sp³-hybridized carbons (Fsp3) is 0.562. The highest BCUT2D eigenvalue weighted by molar-refractivity contribution is 6.30. The van der Waals surface area contributed by atoms with Crippen molar-refractivity contribution < 1.29 is 4.79 Å². The minimum absolute atomic E-state index is 0.0975. The largest absolute Gasteiger partial charge is 0.347 e. The molecule has 1 heterocycles. The van der Waals surface area contributed by atoms with Crippen molar-refractivity contribution in [3.05, 3.63) is 34.9 Å². The molecule has 1 fully saturated rings. The maximum Gasteiger partial charge on any atom is 0.225 e. The number of piperidine rings is 1. The van der Waals surface area contributed by atoms with Gasteiger partial charge in [-0.05, 0) is 58.0 Å². The molecular formula is C16H23ClN2O. The molecule has 1 N–H and O–H groups in total. The van der Waals surface area contributed by atoms with E-state index < -0.39 is 0 Å². The van der Waals surface area contributed by atoms with Gasteiger partial charge in [0.2, 0.25) is 5.91 Å². The molecule has 2 rings (SSSR count). The standard InChI is InChI=1S/C16H23ClN2O/c1-16(2,13-6-8-14(17)9-7-13)18-15(20)12-5-4-10-19(3)11-12/h6-9,12H,4-5,10-11H2,1-3H3,(H,18,20)/t12-/m0/s1. The van der Waals surface area contributed by atoms with E-state index in [4.69, 9.17) is 11.6 Å². The SMILES string of the molecule is CN1CCC[C@H](C(=O)NC(C)(C)c2ccc(Cl)cc2)C1. The van der Waals surface area contributed by atoms with Crippen molar-refractivity contribution in [2.75, 3.05) is 20.1 Å². The summed E-state index contributed by atoms with van der Waals surface area (Å²) in [6.45, 7) is 5.99. The molecule has 20 heavy (non-hydrogen) atoms. The molecule has 3 nitrogen and oxygen atoms in total. The lowest BCUT2D eigenvalue weighted by atomic mass is 9.91. The second-order valence-corrected chi connectivity index (χ2v) is 6.66. The van der Waals surface area contributed by atoms with Gasteiger partial charge in [-0.1, -0.05) is 23.7 Å². The summed E-state index contributed by atoms with van der Waals surface area (Å²) in [4.78, 5) is 14.7. The summed E-state index contributed by atoms with van der Waals surface area (Å²) >= 11 is 5.91. The van der Waals surface area contributed by atoms with Crippen molar-refractivity contribution >= 4 is 17.5 Å². The van der Waals surface area contributed by atoms with Gasteiger partial charge in [-0.25, -0.2) is 0 Å². The van der Waals surface area contributed by atoms with Gasteiger partial charge in [0.05, 0.1) is 11.5 Å². The summed E-state index contributed by atoms with van der Waals surface area (Å²) in [5.41, 5.74) is 0.692. The van der Waals surface area contributed by atoms with E-state index in [9.17, 15) is 4.79 Å². The second-order valence-electron chi connectivity index (χ2n) is 6.22. The molecular weight excluding hydrogens is 272 g/mol. The lowest BCUT2D eigenvalue weighted by Crippen LogP contribution is -2.48. The molecule has 0 aromatic heterocycles. The zero-order valence-electron chi connectivity index (χ0n) is 12.4. The van der Waals surface area contributed by atoms with Crippen molar-refractivity contribution in [1.29, 1.82) is 0 Å². The predicted molar refractivity (Wildman–Crippen MR) is 82.8 cm³/mol. The molecule has 0 bridgehead atoms. The molecule has 0 aliphatic carbocycles. The van der Waals surface area contributed by atoms with Crippen LogP contribution >= 0.6 is 11.6 Å². The zero-order valence-corrected chi connectivity index (χ0v) is 13.2. The number of hydrogen-bond donors (Lipinski definition) is 1. The third kappa shape index (κ3) is 3.74. The van der Waals surface area contributed by atoms with Crippen molar-refractivity contribution in [3.63, 3.8) is 0 Å². The highest BCUT2D eigenvalue weighted by Gasteiger charge is 2.29. The molecule has 1 atom stereocenters. The minimum atomic E-state index is -0.377. The van der Waals surface area contributed by atoms with Crippen LogP contribution in [0.2, 0.25) is 5.02 Å². The number of halogens is 1. The number of carbonyl (C=O) groups excluding carboxylic acids is 1. The smallest absolute Gasteiger partial charge is 0.225 e. The van der Waals surface area contributed by atoms with Crippen LogP contribution in [0.5, 0.6) is 0 Å². The molecule has 0 unspecified atom stereocenters. The highest BCUT2D eigenvalue weighted by atomic mass is 35.5. The molecule has 1 saturated heterocycles. The van der Waals surface area contributed by atoms with Crippen LogP contribution in [0.3, 0.4) is 0 Å². The Hall–Kier alpha value is -1.06. The van der Waals surface area contributed by atoms with Crippen LogP contribution in [0, 0.1) is 5.92 Å². The van der Waals surface area contributed by atoms with Gasteiger partial charge < -0.3 is 10.2 Å². The fourth-order valence-electron chi connectivity index (χ4n) is 2.73. The van der Waals surface area contributed by atoms with Crippen LogP contribution in [0.25, 0.3) is 0 Å². The Morgan fingerprint density at radius 3 is 2.60 bits per heavy atom. The Labute approximate surface area is 126 Å². The first-order valence-corrected chi connectivity index (χ1v) is 7.53. The molecule has 110 valence electrons. The van der Waals surface area contributed by atoms with E-state index in [1.165, 1.54) is 0 Å². The number of amides is 1. The average molecular weight is 295 g/mol. The number of nitrogens with zero attached hydrogens (tertiary/aromatic N) is 1. The summed E-state index contributed by atoms with van der Waals surface area (Å²) in [6.07, 6.45) is 2.07. The van der Waals surface area contributed by atoms with Crippen LogP contribution < -0.4 is 5.32 Å². The van der Waals surface area contributed by atoms with Crippen molar-refractivity contribution in [2.45, 2.75) is 32.2 Å². The second kappa shape index (κ2) is 6.15. The van der Waals surface area contributed by atoms with Crippen LogP contribution in [0.4, 0.5) is 0 Å². The normalized spacial score (nSPS) is 20.7. The van der Waals surface area contributed by atoms with Gasteiger partial charge in [0.15, 0.2) is 0 Å². The molecule has 1 aliphatic heterocycles. The summed E-state index contributed by atoms with van der Waals surface area (Å²) < 4.78 is 0. The van der Waals surface area contributed by atoms with E-state index >= 15 is 0 Å². The highest BCUT2D eigenvalue weighted by Crippen LogP contribution is 2.24. The summed E-state index contributed by atoms with van der Waals surface area (Å²) in [6, 6.07) is 7.66. The van der Waals surface area contributed by atoms with Gasteiger partial charge in [0, 0.05) is 11.6 Å². The van der Waals surface area contributed by atoms with Gasteiger partial charge in [0.25, 0.3) is 0 Å². The first kappa shape index (κ1) is 15.3. The van der Waals surface area contributed by atoms with Gasteiger partial charge >= 0.3 is 0 Å². The van der Waals surface area contributed by atoms with Crippen LogP contribution in [0.15, 0.2) is 24.3 Å². The third-order valence-electron chi connectivity index (χ3n) is 4.00. The van der Waals surface area contributed by atoms with E-state index in [2.05, 4.69) is 17.3 Å². The topological polar surface area (TPSA) is 32.3 Å². The Morgan fingerprint density at radius 2 is 2.00 bits per heavy atom. The Bertz CT molecular complexity index is 470. The molecule has 1 amide bonds. The maximum absolute atomic E-state index is 12.4. The molecule has 1 aromatic carbocycles. The van der Waals surface area contributed by atoms with Gasteiger partial charge in [0.1, 0.15) is 0 Å².